The number of amides is 1. The molecule has 1 aliphatic heterocycles. The summed E-state index contributed by atoms with van der Waals surface area (Å²) in [6.45, 7) is 2.94. The van der Waals surface area contributed by atoms with Gasteiger partial charge in [-0.2, -0.15) is 4.31 Å². The van der Waals surface area contributed by atoms with Crippen molar-refractivity contribution in [1.82, 2.24) is 14.6 Å². The molecule has 1 atom stereocenters. The summed E-state index contributed by atoms with van der Waals surface area (Å²) in [6, 6.07) is 11.3. The van der Waals surface area contributed by atoms with Crippen LogP contribution < -0.4 is 5.32 Å². The van der Waals surface area contributed by atoms with Gasteiger partial charge in [-0.25, -0.2) is 13.4 Å². The van der Waals surface area contributed by atoms with Crippen LogP contribution in [0.5, 0.6) is 0 Å². The SMILES string of the molecule is Cc1ccc(S(=O)(=O)N2CCC[C@H](C(=O)NCc3nc4ccccc4s3)C2)s1. The fourth-order valence-electron chi connectivity index (χ4n) is 3.36. The van der Waals surface area contributed by atoms with Crippen molar-refractivity contribution in [2.24, 2.45) is 5.92 Å². The van der Waals surface area contributed by atoms with E-state index < -0.39 is 10.0 Å². The molecule has 0 aliphatic carbocycles. The van der Waals surface area contributed by atoms with E-state index in [0.717, 1.165) is 20.1 Å². The van der Waals surface area contributed by atoms with Crippen molar-refractivity contribution in [3.63, 3.8) is 0 Å². The van der Waals surface area contributed by atoms with Crippen molar-refractivity contribution >= 4 is 48.8 Å². The average Bonchev–Trinajstić information content (AvgIpc) is 3.32. The molecule has 1 saturated heterocycles. The van der Waals surface area contributed by atoms with Gasteiger partial charge in [-0.15, -0.1) is 22.7 Å². The van der Waals surface area contributed by atoms with Gasteiger partial charge in [0.05, 0.1) is 22.7 Å². The molecule has 1 aromatic carbocycles. The second-order valence-electron chi connectivity index (χ2n) is 6.86. The third-order valence-corrected chi connectivity index (χ3v) is 9.19. The smallest absolute Gasteiger partial charge is 0.252 e. The zero-order chi connectivity index (χ0) is 19.7. The quantitative estimate of drug-likeness (QED) is 0.666. The zero-order valence-electron chi connectivity index (χ0n) is 15.4. The molecule has 0 bridgehead atoms. The summed E-state index contributed by atoms with van der Waals surface area (Å²) in [5.74, 6) is -0.444. The number of hydrogen-bond donors (Lipinski definition) is 1. The summed E-state index contributed by atoms with van der Waals surface area (Å²) in [7, 11) is -3.53. The van der Waals surface area contributed by atoms with Gasteiger partial charge >= 0.3 is 0 Å². The van der Waals surface area contributed by atoms with Gasteiger partial charge in [-0.3, -0.25) is 4.79 Å². The number of hydrogen-bond acceptors (Lipinski definition) is 6. The molecule has 0 spiro atoms. The van der Waals surface area contributed by atoms with Crippen LogP contribution in [0.2, 0.25) is 0 Å². The predicted octanol–water partition coefficient (Wildman–Crippen LogP) is 3.38. The van der Waals surface area contributed by atoms with Crippen LogP contribution in [0.1, 0.15) is 22.7 Å². The number of para-hydroxylation sites is 1. The van der Waals surface area contributed by atoms with Gasteiger partial charge in [0.25, 0.3) is 10.0 Å². The number of fused-ring (bicyclic) bond motifs is 1. The summed E-state index contributed by atoms with van der Waals surface area (Å²) in [5.41, 5.74) is 0.929. The lowest BCUT2D eigenvalue weighted by Gasteiger charge is -2.30. The molecule has 148 valence electrons. The van der Waals surface area contributed by atoms with Crippen molar-refractivity contribution in [2.75, 3.05) is 13.1 Å². The van der Waals surface area contributed by atoms with Crippen molar-refractivity contribution in [3.8, 4) is 0 Å². The van der Waals surface area contributed by atoms with Crippen LogP contribution in [0.3, 0.4) is 0 Å². The minimum absolute atomic E-state index is 0.110. The average molecular weight is 436 g/mol. The van der Waals surface area contributed by atoms with E-state index >= 15 is 0 Å². The van der Waals surface area contributed by atoms with Crippen molar-refractivity contribution < 1.29 is 13.2 Å². The number of aromatic nitrogens is 1. The van der Waals surface area contributed by atoms with Gasteiger partial charge in [0, 0.05) is 18.0 Å². The molecule has 28 heavy (non-hydrogen) atoms. The first-order valence-electron chi connectivity index (χ1n) is 9.12. The molecule has 1 N–H and O–H groups in total. The number of piperidine rings is 1. The van der Waals surface area contributed by atoms with E-state index in [1.54, 1.807) is 17.4 Å². The highest BCUT2D eigenvalue weighted by atomic mass is 32.2. The lowest BCUT2D eigenvalue weighted by molar-refractivity contribution is -0.126. The molecule has 3 heterocycles. The molecule has 6 nitrogen and oxygen atoms in total. The van der Waals surface area contributed by atoms with Crippen molar-refractivity contribution in [3.05, 3.63) is 46.3 Å². The van der Waals surface area contributed by atoms with Crippen LogP contribution in [0.4, 0.5) is 0 Å². The molecule has 0 radical (unpaired) electrons. The Morgan fingerprint density at radius 2 is 2.07 bits per heavy atom. The van der Waals surface area contributed by atoms with Crippen LogP contribution >= 0.6 is 22.7 Å². The minimum atomic E-state index is -3.53. The Labute approximate surface area is 172 Å². The third-order valence-electron chi connectivity index (χ3n) is 4.82. The van der Waals surface area contributed by atoms with Crippen LogP contribution in [0, 0.1) is 12.8 Å². The summed E-state index contributed by atoms with van der Waals surface area (Å²) >= 11 is 2.83. The maximum atomic E-state index is 12.8. The molecule has 3 aromatic rings. The minimum Gasteiger partial charge on any atom is -0.349 e. The van der Waals surface area contributed by atoms with E-state index in [2.05, 4.69) is 10.3 Å². The second-order valence-corrected chi connectivity index (χ2v) is 11.4. The Kier molecular flexibility index (Phi) is 5.50. The zero-order valence-corrected chi connectivity index (χ0v) is 17.9. The Morgan fingerprint density at radius 3 is 2.82 bits per heavy atom. The molecule has 0 unspecified atom stereocenters. The van der Waals surface area contributed by atoms with E-state index in [4.69, 9.17) is 0 Å². The first kappa shape index (κ1) is 19.5. The monoisotopic (exact) mass is 435 g/mol. The summed E-state index contributed by atoms with van der Waals surface area (Å²) < 4.78 is 28.6. The van der Waals surface area contributed by atoms with E-state index in [0.29, 0.717) is 30.1 Å². The third kappa shape index (κ3) is 3.98. The Morgan fingerprint density at radius 1 is 1.25 bits per heavy atom. The molecule has 0 saturated carbocycles. The Bertz CT molecular complexity index is 1070. The Hall–Kier alpha value is -1.81. The van der Waals surface area contributed by atoms with Crippen LogP contribution in [0.15, 0.2) is 40.6 Å². The number of thiophene rings is 1. The molecule has 9 heteroatoms. The van der Waals surface area contributed by atoms with Crippen LogP contribution in [-0.2, 0) is 21.4 Å². The number of aryl methyl sites for hydroxylation is 1. The number of carbonyl (C=O) groups is 1. The van der Waals surface area contributed by atoms with Gasteiger partial charge in [-0.1, -0.05) is 12.1 Å². The lowest BCUT2D eigenvalue weighted by atomic mass is 9.99. The van der Waals surface area contributed by atoms with Crippen LogP contribution in [-0.4, -0.2) is 36.7 Å². The summed E-state index contributed by atoms with van der Waals surface area (Å²) in [6.07, 6.45) is 1.38. The first-order valence-corrected chi connectivity index (χ1v) is 12.2. The largest absolute Gasteiger partial charge is 0.349 e. The molecule has 4 rings (SSSR count). The van der Waals surface area contributed by atoms with E-state index in [-0.39, 0.29) is 18.4 Å². The maximum Gasteiger partial charge on any atom is 0.252 e. The van der Waals surface area contributed by atoms with Gasteiger partial charge in [0.2, 0.25) is 5.91 Å². The predicted molar refractivity (Wildman–Crippen MR) is 112 cm³/mol. The first-order chi connectivity index (χ1) is 13.4. The van der Waals surface area contributed by atoms with Crippen molar-refractivity contribution in [1.29, 1.82) is 0 Å². The van der Waals surface area contributed by atoms with Crippen LogP contribution in [0.25, 0.3) is 10.2 Å². The number of nitrogens with one attached hydrogen (secondary N) is 1. The second kappa shape index (κ2) is 7.90. The number of benzene rings is 1. The standard InChI is InChI=1S/C19H21N3O3S3/c1-13-8-9-18(26-13)28(24,25)22-10-4-5-14(12-22)19(23)20-11-17-21-15-6-2-3-7-16(15)27-17/h2-3,6-9,14H,4-5,10-12H2,1H3,(H,20,23)/t14-/m0/s1. The summed E-state index contributed by atoms with van der Waals surface area (Å²) in [4.78, 5) is 18.1. The highest BCUT2D eigenvalue weighted by molar-refractivity contribution is 7.91. The number of sulfonamides is 1. The summed E-state index contributed by atoms with van der Waals surface area (Å²) in [5, 5.41) is 3.79. The molecule has 2 aromatic heterocycles. The molecular weight excluding hydrogens is 414 g/mol. The lowest BCUT2D eigenvalue weighted by Crippen LogP contribution is -2.45. The number of carbonyl (C=O) groups excluding carboxylic acids is 1. The molecule has 1 aliphatic rings. The highest BCUT2D eigenvalue weighted by Crippen LogP contribution is 2.28. The molecule has 1 amide bonds. The topological polar surface area (TPSA) is 79.4 Å². The van der Waals surface area contributed by atoms with Crippen molar-refractivity contribution in [2.45, 2.75) is 30.5 Å². The van der Waals surface area contributed by atoms with Gasteiger partial charge in [-0.05, 0) is 44.0 Å². The Balaban J connectivity index is 1.40. The van der Waals surface area contributed by atoms with Gasteiger partial charge < -0.3 is 5.32 Å². The maximum absolute atomic E-state index is 12.8. The fraction of sp³-hybridized carbons (Fsp3) is 0.368. The van der Waals surface area contributed by atoms with E-state index in [9.17, 15) is 13.2 Å². The van der Waals surface area contributed by atoms with E-state index in [1.807, 2.05) is 37.3 Å². The number of thiazole rings is 1. The number of rotatable bonds is 5. The van der Waals surface area contributed by atoms with E-state index in [1.165, 1.54) is 15.6 Å². The number of nitrogens with zero attached hydrogens (tertiary/aromatic N) is 2. The highest BCUT2D eigenvalue weighted by Gasteiger charge is 2.34. The normalized spacial score (nSPS) is 18.4. The van der Waals surface area contributed by atoms with Gasteiger partial charge in [0.15, 0.2) is 0 Å². The fourth-order valence-corrected chi connectivity index (χ4v) is 7.22. The van der Waals surface area contributed by atoms with Gasteiger partial charge in [0.1, 0.15) is 9.22 Å². The molecular formula is C19H21N3O3S3. The molecule has 1 fully saturated rings.